The third-order valence-corrected chi connectivity index (χ3v) is 9.18. The molecule has 0 fully saturated rings. The highest BCUT2D eigenvalue weighted by molar-refractivity contribution is 7.94. The number of thiophene rings is 1. The topological polar surface area (TPSA) is 114 Å². The van der Waals surface area contributed by atoms with E-state index in [1.165, 1.54) is 34.1 Å². The summed E-state index contributed by atoms with van der Waals surface area (Å²) in [6, 6.07) is 16.0. The smallest absolute Gasteiger partial charge is 0.274 e. The molecule has 4 rings (SSSR count). The van der Waals surface area contributed by atoms with Crippen LogP contribution in [-0.4, -0.2) is 49.0 Å². The zero-order chi connectivity index (χ0) is 27.0. The number of nitrogens with one attached hydrogen (secondary N) is 1. The van der Waals surface area contributed by atoms with Crippen LogP contribution in [0.3, 0.4) is 0 Å². The predicted molar refractivity (Wildman–Crippen MR) is 145 cm³/mol. The highest BCUT2D eigenvalue weighted by atomic mass is 35.5. The van der Waals surface area contributed by atoms with Gasteiger partial charge in [-0.15, -0.1) is 11.3 Å². The maximum atomic E-state index is 13.3. The number of amides is 1. The zero-order valence-electron chi connectivity index (χ0n) is 20.7. The van der Waals surface area contributed by atoms with Gasteiger partial charge in [0.1, 0.15) is 15.6 Å². The zero-order valence-corrected chi connectivity index (χ0v) is 23.1. The molecular formula is C25H27ClN4O5S2. The van der Waals surface area contributed by atoms with Crippen LogP contribution in [0.15, 0.2) is 58.8 Å². The van der Waals surface area contributed by atoms with Crippen molar-refractivity contribution in [2.75, 3.05) is 18.5 Å². The van der Waals surface area contributed by atoms with E-state index in [1.807, 2.05) is 36.4 Å². The minimum atomic E-state index is -3.91. The van der Waals surface area contributed by atoms with Crippen molar-refractivity contribution in [2.45, 2.75) is 36.7 Å². The van der Waals surface area contributed by atoms with E-state index in [4.69, 9.17) is 16.3 Å². The quantitative estimate of drug-likeness (QED) is 0.318. The molecule has 0 spiro atoms. The second-order valence-corrected chi connectivity index (χ2v) is 12.8. The van der Waals surface area contributed by atoms with Crippen molar-refractivity contribution < 1.29 is 23.1 Å². The lowest BCUT2D eigenvalue weighted by atomic mass is 10.1. The Morgan fingerprint density at radius 2 is 1.89 bits per heavy atom. The van der Waals surface area contributed by atoms with Gasteiger partial charge >= 0.3 is 0 Å². The van der Waals surface area contributed by atoms with Crippen LogP contribution in [0.4, 0.5) is 5.82 Å². The summed E-state index contributed by atoms with van der Waals surface area (Å²) in [5.74, 6) is 0.252. The number of benzene rings is 2. The van der Waals surface area contributed by atoms with Gasteiger partial charge in [-0.1, -0.05) is 41.9 Å². The van der Waals surface area contributed by atoms with Crippen LogP contribution >= 0.6 is 22.9 Å². The normalized spacial score (nSPS) is 12.1. The number of carbonyl (C=O) groups excluding carboxylic acids is 1. The molecule has 37 heavy (non-hydrogen) atoms. The largest absolute Gasteiger partial charge is 0.496 e. The summed E-state index contributed by atoms with van der Waals surface area (Å²) < 4.78 is 35.6. The molecule has 4 aromatic rings. The van der Waals surface area contributed by atoms with E-state index in [0.29, 0.717) is 27.5 Å². The lowest BCUT2D eigenvalue weighted by molar-refractivity contribution is -0.136. The number of anilines is 1. The fraction of sp³-hybridized carbons (Fsp3) is 0.280. The van der Waals surface area contributed by atoms with Crippen LogP contribution in [0.5, 0.6) is 5.75 Å². The molecule has 2 aromatic heterocycles. The lowest BCUT2D eigenvalue weighted by Crippen LogP contribution is -2.41. The first kappa shape index (κ1) is 26.9. The number of rotatable bonds is 9. The van der Waals surface area contributed by atoms with Crippen LogP contribution in [0.1, 0.15) is 25.0 Å². The Morgan fingerprint density at radius 3 is 2.54 bits per heavy atom. The molecule has 0 saturated heterocycles. The van der Waals surface area contributed by atoms with E-state index in [-0.39, 0.29) is 16.6 Å². The second-order valence-electron chi connectivity index (χ2n) is 8.93. The van der Waals surface area contributed by atoms with E-state index >= 15 is 0 Å². The van der Waals surface area contributed by atoms with Crippen LogP contribution in [0.25, 0.3) is 10.9 Å². The number of sulfonamides is 1. The molecule has 2 N–H and O–H groups in total. The summed E-state index contributed by atoms with van der Waals surface area (Å²) in [5.41, 5.74) is 0.964. The predicted octanol–water partition coefficient (Wildman–Crippen LogP) is 4.02. The van der Waals surface area contributed by atoms with Crippen molar-refractivity contribution in [3.63, 3.8) is 0 Å². The number of methoxy groups -OCH3 is 1. The molecular weight excluding hydrogens is 536 g/mol. The third kappa shape index (κ3) is 5.59. The van der Waals surface area contributed by atoms with Gasteiger partial charge in [-0.05, 0) is 49.2 Å². The van der Waals surface area contributed by atoms with Crippen molar-refractivity contribution in [2.24, 2.45) is 0 Å². The lowest BCUT2D eigenvalue weighted by Gasteiger charge is -2.17. The number of aromatic nitrogens is 2. The van der Waals surface area contributed by atoms with Crippen molar-refractivity contribution in [1.29, 1.82) is 0 Å². The Kier molecular flexibility index (Phi) is 7.52. The summed E-state index contributed by atoms with van der Waals surface area (Å²) >= 11 is 6.97. The molecule has 0 aliphatic heterocycles. The van der Waals surface area contributed by atoms with Gasteiger partial charge in [-0.2, -0.15) is 5.10 Å². The number of ether oxygens (including phenoxy) is 1. The summed E-state index contributed by atoms with van der Waals surface area (Å²) in [5, 5.41) is 17.8. The first-order valence-corrected chi connectivity index (χ1v) is 13.9. The first-order valence-electron chi connectivity index (χ1n) is 11.3. The van der Waals surface area contributed by atoms with Crippen LogP contribution in [0.2, 0.25) is 4.34 Å². The third-order valence-electron chi connectivity index (χ3n) is 5.74. The van der Waals surface area contributed by atoms with Crippen LogP contribution < -0.4 is 14.4 Å². The van der Waals surface area contributed by atoms with E-state index < -0.39 is 21.5 Å². The van der Waals surface area contributed by atoms with Gasteiger partial charge in [0, 0.05) is 13.6 Å². The number of aliphatic hydroxyl groups is 1. The molecule has 0 unspecified atom stereocenters. The van der Waals surface area contributed by atoms with Crippen LogP contribution in [0, 0.1) is 0 Å². The summed E-state index contributed by atoms with van der Waals surface area (Å²) in [7, 11) is -0.932. The highest BCUT2D eigenvalue weighted by Gasteiger charge is 2.29. The standard InChI is InChI=1S/C25H27ClN4O5S2/c1-25(2,32)24(31)27-14-16-7-5-8-17(13-16)15-30-18-9-6-10-19(35-4)22(18)23(28-30)29(3)37(33,34)21-12-11-20(26)36-21/h5-13,32H,14-15H2,1-4H3,(H,27,31). The monoisotopic (exact) mass is 562 g/mol. The van der Waals surface area contributed by atoms with E-state index in [9.17, 15) is 18.3 Å². The molecule has 2 aromatic carbocycles. The van der Waals surface area contributed by atoms with Gasteiger partial charge < -0.3 is 15.2 Å². The Morgan fingerprint density at radius 1 is 1.19 bits per heavy atom. The first-order chi connectivity index (χ1) is 17.4. The Labute approximate surface area is 224 Å². The molecule has 196 valence electrons. The number of hydrogen-bond donors (Lipinski definition) is 2. The molecule has 2 heterocycles. The molecule has 9 nitrogen and oxygen atoms in total. The second kappa shape index (κ2) is 10.3. The Bertz CT molecular complexity index is 1560. The van der Waals surface area contributed by atoms with E-state index in [1.54, 1.807) is 16.8 Å². The molecule has 0 bridgehead atoms. The number of hydrogen-bond acceptors (Lipinski definition) is 7. The number of fused-ring (bicyclic) bond motifs is 1. The maximum Gasteiger partial charge on any atom is 0.274 e. The SMILES string of the molecule is COc1cccc2c1c(N(C)S(=O)(=O)c1ccc(Cl)s1)nn2Cc1cccc(CNC(=O)C(C)(C)O)c1. The van der Waals surface area contributed by atoms with Gasteiger partial charge in [-0.25, -0.2) is 8.42 Å². The average Bonchev–Trinajstić information content (AvgIpc) is 3.46. The molecule has 0 radical (unpaired) electrons. The van der Waals surface area contributed by atoms with Gasteiger partial charge in [0.05, 0.1) is 28.9 Å². The summed E-state index contributed by atoms with van der Waals surface area (Å²) in [6.45, 7) is 3.45. The molecule has 12 heteroatoms. The minimum Gasteiger partial charge on any atom is -0.496 e. The van der Waals surface area contributed by atoms with E-state index in [2.05, 4.69) is 10.4 Å². The van der Waals surface area contributed by atoms with E-state index in [0.717, 1.165) is 26.8 Å². The fourth-order valence-electron chi connectivity index (χ4n) is 3.78. The van der Waals surface area contributed by atoms with Gasteiger partial charge in [0.2, 0.25) is 0 Å². The summed E-state index contributed by atoms with van der Waals surface area (Å²) in [4.78, 5) is 12.0. The molecule has 1 amide bonds. The molecule has 0 atom stereocenters. The van der Waals surface area contributed by atoms with Crippen molar-refractivity contribution in [3.8, 4) is 5.75 Å². The summed E-state index contributed by atoms with van der Waals surface area (Å²) in [6.07, 6.45) is 0. The minimum absolute atomic E-state index is 0.110. The number of halogens is 1. The van der Waals surface area contributed by atoms with Gasteiger partial charge in [-0.3, -0.25) is 13.8 Å². The van der Waals surface area contributed by atoms with Gasteiger partial charge in [0.25, 0.3) is 15.9 Å². The van der Waals surface area contributed by atoms with Crippen molar-refractivity contribution in [3.05, 3.63) is 70.1 Å². The fourth-order valence-corrected chi connectivity index (χ4v) is 6.59. The Balaban J connectivity index is 1.70. The average molecular weight is 563 g/mol. The highest BCUT2D eigenvalue weighted by Crippen LogP contribution is 2.37. The van der Waals surface area contributed by atoms with Crippen molar-refractivity contribution >= 4 is 55.6 Å². The molecule has 0 aliphatic rings. The maximum absolute atomic E-state index is 13.3. The molecule has 0 saturated carbocycles. The molecule has 0 aliphatic carbocycles. The Hall–Kier alpha value is -3.12. The number of nitrogens with zero attached hydrogens (tertiary/aromatic N) is 3. The number of carbonyl (C=O) groups is 1. The van der Waals surface area contributed by atoms with Crippen LogP contribution in [-0.2, 0) is 27.9 Å². The van der Waals surface area contributed by atoms with Gasteiger partial charge in [0.15, 0.2) is 5.82 Å². The van der Waals surface area contributed by atoms with Crippen molar-refractivity contribution in [1.82, 2.24) is 15.1 Å².